The fourth-order valence-corrected chi connectivity index (χ4v) is 10.1. The molecule has 4 aromatic carbocycles. The molecule has 0 radical (unpaired) electrons. The molecule has 0 unspecified atom stereocenters. The first kappa shape index (κ1) is 38.5. The molecule has 2 heterocycles. The predicted molar refractivity (Wildman–Crippen MR) is 212 cm³/mol. The maximum absolute atomic E-state index is 15.5. The Kier molecular flexibility index (Phi) is 9.27. The molecule has 4 aliphatic rings. The first-order chi connectivity index (χ1) is 27.6. The van der Waals surface area contributed by atoms with Gasteiger partial charge in [-0.15, -0.1) is 0 Å². The number of phenolic OH excluding ortho intramolecular Hbond substituents is 1. The number of methoxy groups -OCH3 is 1. The summed E-state index contributed by atoms with van der Waals surface area (Å²) in [6.45, 7) is 0. The summed E-state index contributed by atoms with van der Waals surface area (Å²) in [6, 6.07) is 20.0. The van der Waals surface area contributed by atoms with E-state index in [-0.39, 0.29) is 51.4 Å². The van der Waals surface area contributed by atoms with Crippen LogP contribution in [0.4, 0.5) is 28.4 Å². The number of rotatable bonds is 8. The molecule has 8 rings (SSSR count). The van der Waals surface area contributed by atoms with Gasteiger partial charge in [-0.2, -0.15) is 0 Å². The number of phenols is 1. The van der Waals surface area contributed by atoms with Gasteiger partial charge in [-0.3, -0.25) is 39.4 Å². The Bertz CT molecular complexity index is 2490. The molecular formula is C41H33Cl2N5O10. The summed E-state index contributed by atoms with van der Waals surface area (Å²) in [6.07, 6.45) is 1.71. The molecule has 0 bridgehead atoms. The number of amides is 4. The third-order valence-electron chi connectivity index (χ3n) is 11.9. The summed E-state index contributed by atoms with van der Waals surface area (Å²) in [5.41, 5.74) is -2.00. The zero-order valence-corrected chi connectivity index (χ0v) is 32.5. The minimum atomic E-state index is -1.66. The zero-order chi connectivity index (χ0) is 41.5. The van der Waals surface area contributed by atoms with E-state index in [1.54, 1.807) is 54.6 Å². The smallest absolute Gasteiger partial charge is 0.301 e. The number of imide groups is 2. The van der Waals surface area contributed by atoms with Crippen molar-refractivity contribution in [2.45, 2.75) is 24.2 Å². The topological polar surface area (TPSA) is 194 Å². The number of ether oxygens (including phenoxy) is 1. The Hall–Kier alpha value is -6.32. The Morgan fingerprint density at radius 3 is 2.10 bits per heavy atom. The second kappa shape index (κ2) is 14.0. The minimum absolute atomic E-state index is 0.00727. The fraction of sp³-hybridized carbons (Fsp3) is 0.268. The number of hydrogen-bond acceptors (Lipinski definition) is 11. The second-order valence-corrected chi connectivity index (χ2v) is 15.7. The average Bonchev–Trinajstić information content (AvgIpc) is 3.59. The van der Waals surface area contributed by atoms with Gasteiger partial charge < -0.3 is 14.7 Å². The van der Waals surface area contributed by atoms with Crippen LogP contribution in [0.5, 0.6) is 11.5 Å². The number of benzene rings is 4. The molecule has 0 aromatic heterocycles. The van der Waals surface area contributed by atoms with Crippen molar-refractivity contribution in [2.24, 2.45) is 23.7 Å². The Labute approximate surface area is 340 Å². The largest absolute Gasteiger partial charge is 0.503 e. The van der Waals surface area contributed by atoms with Crippen LogP contribution < -0.4 is 19.4 Å². The van der Waals surface area contributed by atoms with E-state index in [1.807, 2.05) is 0 Å². The lowest BCUT2D eigenvalue weighted by molar-refractivity contribution is -0.392. The zero-order valence-electron chi connectivity index (χ0n) is 31.0. The summed E-state index contributed by atoms with van der Waals surface area (Å²) in [5, 5.41) is 35.5. The number of nitro groups is 2. The van der Waals surface area contributed by atoms with Crippen molar-refractivity contribution < 1.29 is 38.9 Å². The van der Waals surface area contributed by atoms with Gasteiger partial charge in [0.1, 0.15) is 0 Å². The Morgan fingerprint density at radius 1 is 0.828 bits per heavy atom. The number of nitro benzene ring substituents is 2. The number of halogens is 2. The Morgan fingerprint density at radius 2 is 1.50 bits per heavy atom. The van der Waals surface area contributed by atoms with Crippen LogP contribution in [0.15, 0.2) is 90.5 Å². The molecule has 4 amide bonds. The van der Waals surface area contributed by atoms with Crippen LogP contribution in [-0.4, -0.2) is 59.8 Å². The summed E-state index contributed by atoms with van der Waals surface area (Å²) in [4.78, 5) is 85.6. The number of allylic oxidation sites excluding steroid dienone is 2. The van der Waals surface area contributed by atoms with Gasteiger partial charge in [0, 0.05) is 37.2 Å². The van der Waals surface area contributed by atoms with Crippen LogP contribution in [0.25, 0.3) is 0 Å². The van der Waals surface area contributed by atoms with Crippen molar-refractivity contribution in [3.05, 3.63) is 132 Å². The molecule has 2 saturated heterocycles. The Balaban J connectivity index is 1.35. The molecule has 17 heteroatoms. The first-order valence-electron chi connectivity index (χ1n) is 18.1. The van der Waals surface area contributed by atoms with Gasteiger partial charge in [-0.05, 0) is 60.2 Å². The molecule has 1 saturated carbocycles. The number of nitrogens with zero attached hydrogens (tertiary/aromatic N) is 5. The van der Waals surface area contributed by atoms with E-state index >= 15 is 9.59 Å². The van der Waals surface area contributed by atoms with E-state index in [1.165, 1.54) is 44.3 Å². The van der Waals surface area contributed by atoms with Gasteiger partial charge in [0.15, 0.2) is 17.2 Å². The fourth-order valence-electron chi connectivity index (χ4n) is 9.74. The highest BCUT2D eigenvalue weighted by Gasteiger charge is 2.70. The number of fused-ring (bicyclic) bond motifs is 4. The quantitative estimate of drug-likeness (QED) is 0.0836. The predicted octanol–water partition coefficient (Wildman–Crippen LogP) is 6.96. The van der Waals surface area contributed by atoms with Gasteiger partial charge in [0.25, 0.3) is 0 Å². The van der Waals surface area contributed by atoms with Crippen molar-refractivity contribution in [3.63, 3.8) is 0 Å². The van der Waals surface area contributed by atoms with E-state index < -0.39 is 79.9 Å². The molecule has 3 fully saturated rings. The van der Waals surface area contributed by atoms with Gasteiger partial charge >= 0.3 is 11.4 Å². The number of carbonyl (C=O) groups is 4. The molecule has 6 atom stereocenters. The molecular weight excluding hydrogens is 793 g/mol. The van der Waals surface area contributed by atoms with Crippen LogP contribution in [0.3, 0.4) is 0 Å². The van der Waals surface area contributed by atoms with E-state index in [4.69, 9.17) is 27.9 Å². The average molecular weight is 827 g/mol. The third-order valence-corrected chi connectivity index (χ3v) is 12.4. The van der Waals surface area contributed by atoms with Crippen LogP contribution in [0.1, 0.15) is 29.9 Å². The molecule has 2 aliphatic carbocycles. The summed E-state index contributed by atoms with van der Waals surface area (Å²) >= 11 is 13.0. The van der Waals surface area contributed by atoms with Crippen LogP contribution in [0.2, 0.25) is 10.0 Å². The lowest BCUT2D eigenvalue weighted by atomic mass is 9.49. The summed E-state index contributed by atoms with van der Waals surface area (Å²) < 4.78 is 5.50. The lowest BCUT2D eigenvalue weighted by Crippen LogP contribution is -2.53. The van der Waals surface area contributed by atoms with Crippen molar-refractivity contribution in [1.82, 2.24) is 0 Å². The number of aromatic hydroxyl groups is 1. The summed E-state index contributed by atoms with van der Waals surface area (Å²) in [5.74, 6) is -8.13. The van der Waals surface area contributed by atoms with Crippen LogP contribution in [0, 0.1) is 43.9 Å². The van der Waals surface area contributed by atoms with E-state index in [9.17, 15) is 34.9 Å². The highest BCUT2D eigenvalue weighted by molar-refractivity contribution is 6.33. The van der Waals surface area contributed by atoms with E-state index in [2.05, 4.69) is 0 Å². The van der Waals surface area contributed by atoms with Crippen molar-refractivity contribution >= 4 is 75.3 Å². The van der Waals surface area contributed by atoms with E-state index in [0.29, 0.717) is 16.7 Å². The minimum Gasteiger partial charge on any atom is -0.503 e. The normalized spacial score (nSPS) is 24.9. The van der Waals surface area contributed by atoms with Gasteiger partial charge in [0.05, 0.1) is 56.5 Å². The monoisotopic (exact) mass is 825 g/mol. The van der Waals surface area contributed by atoms with Crippen molar-refractivity contribution in [1.29, 1.82) is 0 Å². The molecule has 58 heavy (non-hydrogen) atoms. The molecule has 296 valence electrons. The van der Waals surface area contributed by atoms with Crippen LogP contribution in [-0.2, 0) is 24.6 Å². The highest BCUT2D eigenvalue weighted by atomic mass is 35.5. The SMILES string of the molecule is COc1cc([C@H]2C3=CC[C@@H]4C(=O)N(c5cc([N+](=O)[O-])c(N(C)C)c([N+](=O)[O-])c5)C(=O)[C@@H]4[C@@H]3C[C@H]3C(=O)N(c4cccc(Cl)c4)C(=O)[C@@]23c2ccccc2)cc(Cl)c1O. The van der Waals surface area contributed by atoms with E-state index in [0.717, 1.165) is 21.9 Å². The maximum Gasteiger partial charge on any atom is 0.301 e. The van der Waals surface area contributed by atoms with Crippen LogP contribution >= 0.6 is 23.2 Å². The molecule has 2 aliphatic heterocycles. The highest BCUT2D eigenvalue weighted by Crippen LogP contribution is 2.65. The van der Waals surface area contributed by atoms with Gasteiger partial charge in [-0.25, -0.2) is 9.80 Å². The van der Waals surface area contributed by atoms with Crippen molar-refractivity contribution in [3.8, 4) is 11.5 Å². The lowest BCUT2D eigenvalue weighted by Gasteiger charge is -2.50. The number of carbonyl (C=O) groups excluding carboxylic acids is 4. The molecule has 4 aromatic rings. The van der Waals surface area contributed by atoms with Gasteiger partial charge in [0.2, 0.25) is 23.6 Å². The molecule has 1 N–H and O–H groups in total. The number of hydrogen-bond donors (Lipinski definition) is 1. The standard InChI is InChI=1S/C41H33Cl2N5O10/c1-44(2)35-30(47(54)55)17-24(18-31(35)48(56)57)45-37(50)26-13-12-25-27(33(26)39(45)52)19-28-38(51)46(23-11-7-10-22(42)16-23)40(53)41(28,21-8-5-4-6-9-21)34(25)20-14-29(43)36(49)32(15-20)58-3/h4-12,14-18,26-28,33-34,49H,13,19H2,1-3H3/t26-,27+,28-,33-,34-,41+/m0/s1. The van der Waals surface area contributed by atoms with Crippen molar-refractivity contribution in [2.75, 3.05) is 35.9 Å². The van der Waals surface area contributed by atoms with Gasteiger partial charge in [-0.1, -0.05) is 71.2 Å². The third kappa shape index (κ3) is 5.47. The maximum atomic E-state index is 15.5. The second-order valence-electron chi connectivity index (χ2n) is 14.9. The molecule has 15 nitrogen and oxygen atoms in total. The molecule has 0 spiro atoms. The summed E-state index contributed by atoms with van der Waals surface area (Å²) in [7, 11) is 4.13. The first-order valence-corrected chi connectivity index (χ1v) is 18.9. The number of anilines is 3.